The van der Waals surface area contributed by atoms with Crippen molar-refractivity contribution >= 4 is 23.1 Å². The number of carboxylic acid groups (broad SMARTS) is 1. The minimum Gasteiger partial charge on any atom is -0.476 e. The summed E-state index contributed by atoms with van der Waals surface area (Å²) in [5.74, 6) is -1.45. The van der Waals surface area contributed by atoms with E-state index in [9.17, 15) is 9.59 Å². The Kier molecular flexibility index (Phi) is 3.25. The highest BCUT2D eigenvalue weighted by atomic mass is 32.1. The van der Waals surface area contributed by atoms with Gasteiger partial charge in [0.05, 0.1) is 0 Å². The maximum Gasteiger partial charge on any atom is 0.356 e. The largest absolute Gasteiger partial charge is 0.476 e. The summed E-state index contributed by atoms with van der Waals surface area (Å²) in [6, 6.07) is 7.58. The molecule has 0 aliphatic rings. The minimum absolute atomic E-state index is 0.163. The van der Waals surface area contributed by atoms with Gasteiger partial charge in [0.2, 0.25) is 0 Å². The van der Waals surface area contributed by atoms with Crippen LogP contribution in [0.25, 0.3) is 10.6 Å². The van der Waals surface area contributed by atoms with Crippen LogP contribution in [0.4, 0.5) is 0 Å². The van der Waals surface area contributed by atoms with Crippen LogP contribution < -0.4 is 0 Å². The number of carbonyl (C=O) groups excluding carboxylic acids is 1. The van der Waals surface area contributed by atoms with E-state index in [1.807, 2.05) is 31.2 Å². The first-order valence-corrected chi connectivity index (χ1v) is 6.13. The van der Waals surface area contributed by atoms with Crippen LogP contribution in [0.15, 0.2) is 24.3 Å². The molecule has 0 fully saturated rings. The number of aromatic carboxylic acids is 1. The summed E-state index contributed by atoms with van der Waals surface area (Å²) in [7, 11) is 0. The number of nitrogens with zero attached hydrogens (tertiary/aromatic N) is 1. The second-order valence-electron chi connectivity index (χ2n) is 3.93. The molecule has 2 aromatic rings. The summed E-state index contributed by atoms with van der Waals surface area (Å²) in [6.07, 6.45) is 0. The maximum atomic E-state index is 11.4. The van der Waals surface area contributed by atoms with Crippen LogP contribution >= 0.6 is 11.3 Å². The lowest BCUT2D eigenvalue weighted by Crippen LogP contribution is -2.03. The molecule has 1 N–H and O–H groups in total. The monoisotopic (exact) mass is 261 g/mol. The Hall–Kier alpha value is -2.01. The molecule has 2 rings (SSSR count). The number of hydrogen-bond acceptors (Lipinski definition) is 4. The van der Waals surface area contributed by atoms with E-state index in [2.05, 4.69) is 4.98 Å². The lowest BCUT2D eigenvalue weighted by atomic mass is 10.1. The summed E-state index contributed by atoms with van der Waals surface area (Å²) in [4.78, 5) is 26.7. The van der Waals surface area contributed by atoms with Gasteiger partial charge in [-0.15, -0.1) is 11.3 Å². The second-order valence-corrected chi connectivity index (χ2v) is 4.93. The third kappa shape index (κ3) is 2.31. The van der Waals surface area contributed by atoms with E-state index in [-0.39, 0.29) is 16.4 Å². The van der Waals surface area contributed by atoms with Crippen molar-refractivity contribution in [1.29, 1.82) is 0 Å². The van der Waals surface area contributed by atoms with Crippen molar-refractivity contribution in [2.45, 2.75) is 13.8 Å². The highest BCUT2D eigenvalue weighted by Crippen LogP contribution is 2.29. The summed E-state index contributed by atoms with van der Waals surface area (Å²) >= 11 is 1.12. The molecule has 1 aromatic heterocycles. The Labute approximate surface area is 108 Å². The lowest BCUT2D eigenvalue weighted by Gasteiger charge is -1.96. The Morgan fingerprint density at radius 3 is 2.56 bits per heavy atom. The van der Waals surface area contributed by atoms with Crippen molar-refractivity contribution in [3.05, 3.63) is 40.4 Å². The van der Waals surface area contributed by atoms with E-state index in [0.717, 1.165) is 22.5 Å². The Balaban J connectivity index is 2.57. The number of aryl methyl sites for hydroxylation is 1. The fourth-order valence-electron chi connectivity index (χ4n) is 1.61. The Morgan fingerprint density at radius 2 is 2.06 bits per heavy atom. The lowest BCUT2D eigenvalue weighted by molar-refractivity contribution is 0.0687. The van der Waals surface area contributed by atoms with Crippen LogP contribution in [0.5, 0.6) is 0 Å². The molecule has 0 radical (unpaired) electrons. The van der Waals surface area contributed by atoms with Gasteiger partial charge in [-0.25, -0.2) is 9.78 Å². The number of aromatic nitrogens is 1. The van der Waals surface area contributed by atoms with Crippen molar-refractivity contribution in [1.82, 2.24) is 4.98 Å². The predicted molar refractivity (Wildman–Crippen MR) is 69.3 cm³/mol. The summed E-state index contributed by atoms with van der Waals surface area (Å²) in [5.41, 5.74) is 1.72. The number of rotatable bonds is 3. The van der Waals surface area contributed by atoms with Gasteiger partial charge in [0, 0.05) is 12.5 Å². The zero-order chi connectivity index (χ0) is 13.3. The van der Waals surface area contributed by atoms with Crippen molar-refractivity contribution in [3.8, 4) is 10.6 Å². The number of Topliss-reactive ketones (excluding diaryl/α,β-unsaturated/α-hetero) is 1. The van der Waals surface area contributed by atoms with Gasteiger partial charge in [-0.1, -0.05) is 23.8 Å². The van der Waals surface area contributed by atoms with Crippen LogP contribution in [0.3, 0.4) is 0 Å². The second kappa shape index (κ2) is 4.70. The topological polar surface area (TPSA) is 67.3 Å². The molecule has 0 saturated heterocycles. The quantitative estimate of drug-likeness (QED) is 0.862. The van der Waals surface area contributed by atoms with Gasteiger partial charge < -0.3 is 5.11 Å². The SMILES string of the molecule is CC(=O)c1sc(-c2cccc(C)c2)nc1C(=O)O. The Bertz CT molecular complexity index is 599. The fourth-order valence-corrected chi connectivity index (χ4v) is 2.55. The van der Waals surface area contributed by atoms with Gasteiger partial charge in [0.15, 0.2) is 11.5 Å². The van der Waals surface area contributed by atoms with E-state index in [1.165, 1.54) is 6.92 Å². The molecule has 0 spiro atoms. The standard InChI is InChI=1S/C13H11NO3S/c1-7-4-3-5-9(6-7)12-14-10(13(16)17)11(18-12)8(2)15/h3-6H,1-2H3,(H,16,17). The van der Waals surface area contributed by atoms with E-state index < -0.39 is 5.97 Å². The summed E-state index contributed by atoms with van der Waals surface area (Å²) in [5, 5.41) is 9.58. The molecule has 0 amide bonds. The number of benzene rings is 1. The smallest absolute Gasteiger partial charge is 0.356 e. The van der Waals surface area contributed by atoms with Crippen molar-refractivity contribution in [3.63, 3.8) is 0 Å². The molecular formula is C13H11NO3S. The minimum atomic E-state index is -1.17. The van der Waals surface area contributed by atoms with Crippen molar-refractivity contribution in [2.75, 3.05) is 0 Å². The van der Waals surface area contributed by atoms with Crippen LogP contribution in [0.1, 0.15) is 32.6 Å². The average Bonchev–Trinajstić information content (AvgIpc) is 2.73. The van der Waals surface area contributed by atoms with Gasteiger partial charge in [-0.05, 0) is 13.0 Å². The Morgan fingerprint density at radius 1 is 1.33 bits per heavy atom. The van der Waals surface area contributed by atoms with Crippen molar-refractivity contribution in [2.24, 2.45) is 0 Å². The number of carboxylic acids is 1. The first kappa shape index (κ1) is 12.4. The van der Waals surface area contributed by atoms with E-state index in [4.69, 9.17) is 5.11 Å². The number of thiazole rings is 1. The molecule has 0 unspecified atom stereocenters. The maximum absolute atomic E-state index is 11.4. The van der Waals surface area contributed by atoms with Gasteiger partial charge in [0.25, 0.3) is 0 Å². The van der Waals surface area contributed by atoms with Crippen LogP contribution in [-0.2, 0) is 0 Å². The molecule has 4 nitrogen and oxygen atoms in total. The molecule has 0 aliphatic heterocycles. The normalized spacial score (nSPS) is 10.3. The van der Waals surface area contributed by atoms with Crippen molar-refractivity contribution < 1.29 is 14.7 Å². The molecule has 92 valence electrons. The zero-order valence-corrected chi connectivity index (χ0v) is 10.7. The van der Waals surface area contributed by atoms with Crippen LogP contribution in [0.2, 0.25) is 0 Å². The average molecular weight is 261 g/mol. The number of ketones is 1. The summed E-state index contributed by atoms with van der Waals surface area (Å²) < 4.78 is 0. The molecule has 1 heterocycles. The van der Waals surface area contributed by atoms with Gasteiger partial charge in [-0.3, -0.25) is 4.79 Å². The predicted octanol–water partition coefficient (Wildman–Crippen LogP) is 3.02. The number of carbonyl (C=O) groups is 2. The van der Waals surface area contributed by atoms with Crippen LogP contribution in [-0.4, -0.2) is 21.8 Å². The highest BCUT2D eigenvalue weighted by Gasteiger charge is 2.20. The highest BCUT2D eigenvalue weighted by molar-refractivity contribution is 7.17. The first-order chi connectivity index (χ1) is 8.49. The van der Waals surface area contributed by atoms with Gasteiger partial charge in [0.1, 0.15) is 9.88 Å². The molecule has 0 aliphatic carbocycles. The molecule has 18 heavy (non-hydrogen) atoms. The third-order valence-electron chi connectivity index (χ3n) is 2.41. The molecule has 0 atom stereocenters. The zero-order valence-electron chi connectivity index (χ0n) is 9.93. The molecule has 0 bridgehead atoms. The molecular weight excluding hydrogens is 250 g/mol. The first-order valence-electron chi connectivity index (χ1n) is 5.31. The van der Waals surface area contributed by atoms with Crippen LogP contribution in [0, 0.1) is 6.92 Å². The summed E-state index contributed by atoms with van der Waals surface area (Å²) in [6.45, 7) is 3.29. The third-order valence-corrected chi connectivity index (χ3v) is 3.62. The van der Waals surface area contributed by atoms with E-state index in [1.54, 1.807) is 0 Å². The van der Waals surface area contributed by atoms with Gasteiger partial charge in [-0.2, -0.15) is 0 Å². The number of hydrogen-bond donors (Lipinski definition) is 1. The fraction of sp³-hybridized carbons (Fsp3) is 0.154. The molecule has 5 heteroatoms. The van der Waals surface area contributed by atoms with Gasteiger partial charge >= 0.3 is 5.97 Å². The molecule has 0 saturated carbocycles. The van der Waals surface area contributed by atoms with E-state index >= 15 is 0 Å². The molecule has 1 aromatic carbocycles. The van der Waals surface area contributed by atoms with E-state index in [0.29, 0.717) is 5.01 Å².